The molecular formula is C30H26N4O6. The van der Waals surface area contributed by atoms with Crippen LogP contribution in [0.4, 0.5) is 0 Å². The number of furan rings is 1. The second-order valence-corrected chi connectivity index (χ2v) is 9.15. The highest BCUT2D eigenvalue weighted by Gasteiger charge is 2.19. The van der Waals surface area contributed by atoms with Crippen LogP contribution < -0.4 is 15.0 Å². The third-order valence-corrected chi connectivity index (χ3v) is 6.62. The molecule has 0 unspecified atom stereocenters. The number of morpholine rings is 1. The number of ether oxygens (including phenoxy) is 3. The Kier molecular flexibility index (Phi) is 6.98. The van der Waals surface area contributed by atoms with Crippen LogP contribution in [0.3, 0.4) is 0 Å². The van der Waals surface area contributed by atoms with Gasteiger partial charge in [0.25, 0.3) is 11.5 Å². The van der Waals surface area contributed by atoms with Crippen LogP contribution in [-0.4, -0.2) is 66.7 Å². The lowest BCUT2D eigenvalue weighted by atomic mass is 10.2. The molecule has 1 fully saturated rings. The van der Waals surface area contributed by atoms with Crippen molar-refractivity contribution in [3.63, 3.8) is 0 Å². The van der Waals surface area contributed by atoms with Gasteiger partial charge in [0.1, 0.15) is 5.58 Å². The minimum atomic E-state index is -0.328. The summed E-state index contributed by atoms with van der Waals surface area (Å²) in [5, 5.41) is 5.83. The van der Waals surface area contributed by atoms with Gasteiger partial charge in [0.05, 0.1) is 37.4 Å². The van der Waals surface area contributed by atoms with Gasteiger partial charge in [-0.2, -0.15) is 9.78 Å². The van der Waals surface area contributed by atoms with Crippen molar-refractivity contribution in [2.75, 3.05) is 40.0 Å². The predicted molar refractivity (Wildman–Crippen MR) is 150 cm³/mol. The summed E-state index contributed by atoms with van der Waals surface area (Å²) in [4.78, 5) is 32.4. The van der Waals surface area contributed by atoms with Crippen LogP contribution in [0.1, 0.15) is 5.56 Å². The Morgan fingerprint density at radius 1 is 1.02 bits per heavy atom. The SMILES string of the molecule is COc1cc(C=Nn2c(-c3cc4ccccc4o3)nc3ccccc3c2=O)ccc1OCC(=O)N1CCOCC1. The van der Waals surface area contributed by atoms with E-state index in [0.717, 1.165) is 5.39 Å². The van der Waals surface area contributed by atoms with Gasteiger partial charge in [-0.1, -0.05) is 30.3 Å². The molecule has 0 atom stereocenters. The molecule has 3 aromatic carbocycles. The number of carbonyl (C=O) groups excluding carboxylic acids is 1. The van der Waals surface area contributed by atoms with E-state index in [2.05, 4.69) is 5.10 Å². The van der Waals surface area contributed by atoms with Crippen molar-refractivity contribution >= 4 is 34.0 Å². The quantitative estimate of drug-likeness (QED) is 0.289. The number of benzene rings is 3. The van der Waals surface area contributed by atoms with Gasteiger partial charge in [0.15, 0.2) is 23.9 Å². The molecule has 10 heteroatoms. The number of carbonyl (C=O) groups is 1. The van der Waals surface area contributed by atoms with E-state index in [4.69, 9.17) is 23.6 Å². The lowest BCUT2D eigenvalue weighted by molar-refractivity contribution is -0.137. The van der Waals surface area contributed by atoms with Gasteiger partial charge in [0.2, 0.25) is 5.82 Å². The van der Waals surface area contributed by atoms with Gasteiger partial charge in [-0.25, -0.2) is 4.98 Å². The van der Waals surface area contributed by atoms with Crippen molar-refractivity contribution in [1.29, 1.82) is 0 Å². The third-order valence-electron chi connectivity index (χ3n) is 6.62. The number of para-hydroxylation sites is 2. The van der Waals surface area contributed by atoms with E-state index in [1.807, 2.05) is 36.4 Å². The van der Waals surface area contributed by atoms with Crippen LogP contribution in [0.5, 0.6) is 11.5 Å². The maximum Gasteiger partial charge on any atom is 0.282 e. The first-order valence-corrected chi connectivity index (χ1v) is 12.8. The normalized spacial score (nSPS) is 13.8. The number of aromatic nitrogens is 2. The van der Waals surface area contributed by atoms with Crippen LogP contribution >= 0.6 is 0 Å². The van der Waals surface area contributed by atoms with Crippen molar-refractivity contribution < 1.29 is 23.4 Å². The fourth-order valence-electron chi connectivity index (χ4n) is 4.53. The molecule has 6 rings (SSSR count). The molecule has 202 valence electrons. The second-order valence-electron chi connectivity index (χ2n) is 9.15. The van der Waals surface area contributed by atoms with E-state index in [0.29, 0.717) is 65.6 Å². The molecular weight excluding hydrogens is 512 g/mol. The molecule has 5 aromatic rings. The summed E-state index contributed by atoms with van der Waals surface area (Å²) in [5.41, 5.74) is 1.55. The summed E-state index contributed by atoms with van der Waals surface area (Å²) in [6, 6.07) is 21.7. The fraction of sp³-hybridized carbons (Fsp3) is 0.200. The monoisotopic (exact) mass is 538 g/mol. The van der Waals surface area contributed by atoms with Gasteiger partial charge in [-0.05, 0) is 48.0 Å². The topological polar surface area (TPSA) is 108 Å². The number of nitrogens with zero attached hydrogens (tertiary/aromatic N) is 4. The number of fused-ring (bicyclic) bond motifs is 2. The first-order chi connectivity index (χ1) is 19.6. The molecule has 0 bridgehead atoms. The van der Waals surface area contributed by atoms with E-state index >= 15 is 0 Å². The van der Waals surface area contributed by atoms with E-state index < -0.39 is 0 Å². The zero-order valence-electron chi connectivity index (χ0n) is 21.8. The first kappa shape index (κ1) is 25.3. The van der Waals surface area contributed by atoms with Gasteiger partial charge in [-0.15, -0.1) is 0 Å². The molecule has 0 spiro atoms. The number of hydrogen-bond donors (Lipinski definition) is 0. The predicted octanol–water partition coefficient (Wildman–Crippen LogP) is 3.94. The standard InChI is InChI=1S/C30H26N4O6/c1-37-26-16-20(10-11-25(26)39-19-28(35)33-12-14-38-15-13-33)18-31-34-29(27-17-21-6-2-5-9-24(21)40-27)32-23-8-4-3-7-22(23)30(34)36/h2-11,16-18H,12-15,19H2,1H3. The molecule has 3 heterocycles. The molecule has 40 heavy (non-hydrogen) atoms. The second kappa shape index (κ2) is 11.0. The number of hydrogen-bond acceptors (Lipinski definition) is 8. The van der Waals surface area contributed by atoms with Crippen LogP contribution in [0, 0.1) is 0 Å². The molecule has 10 nitrogen and oxygen atoms in total. The Morgan fingerprint density at radius 3 is 2.65 bits per heavy atom. The highest BCUT2D eigenvalue weighted by atomic mass is 16.5. The summed E-state index contributed by atoms with van der Waals surface area (Å²) in [5.74, 6) is 1.45. The Labute approximate surface area is 229 Å². The first-order valence-electron chi connectivity index (χ1n) is 12.8. The smallest absolute Gasteiger partial charge is 0.282 e. The largest absolute Gasteiger partial charge is 0.493 e. The molecule has 1 amide bonds. The van der Waals surface area contributed by atoms with Crippen molar-refractivity contribution in [1.82, 2.24) is 14.6 Å². The van der Waals surface area contributed by atoms with Crippen molar-refractivity contribution in [3.8, 4) is 23.1 Å². The van der Waals surface area contributed by atoms with Crippen LogP contribution in [0.15, 0.2) is 87.1 Å². The van der Waals surface area contributed by atoms with Gasteiger partial charge >= 0.3 is 0 Å². The van der Waals surface area contributed by atoms with Crippen molar-refractivity contribution in [2.24, 2.45) is 5.10 Å². The molecule has 1 aliphatic rings. The zero-order chi connectivity index (χ0) is 27.5. The lowest BCUT2D eigenvalue weighted by Gasteiger charge is -2.26. The summed E-state index contributed by atoms with van der Waals surface area (Å²) in [6.45, 7) is 2.04. The minimum Gasteiger partial charge on any atom is -0.493 e. The summed E-state index contributed by atoms with van der Waals surface area (Å²) in [6.07, 6.45) is 1.54. The number of amides is 1. The molecule has 1 aliphatic heterocycles. The Balaban J connectivity index is 1.31. The highest BCUT2D eigenvalue weighted by molar-refractivity contribution is 5.85. The van der Waals surface area contributed by atoms with Crippen LogP contribution in [0.2, 0.25) is 0 Å². The molecule has 0 N–H and O–H groups in total. The van der Waals surface area contributed by atoms with E-state index in [1.165, 1.54) is 18.0 Å². The molecule has 1 saturated heterocycles. The maximum absolute atomic E-state index is 13.5. The summed E-state index contributed by atoms with van der Waals surface area (Å²) < 4.78 is 23.8. The molecule has 0 saturated carbocycles. The highest BCUT2D eigenvalue weighted by Crippen LogP contribution is 2.29. The molecule has 2 aromatic heterocycles. The van der Waals surface area contributed by atoms with E-state index in [9.17, 15) is 9.59 Å². The Bertz CT molecular complexity index is 1750. The lowest BCUT2D eigenvalue weighted by Crippen LogP contribution is -2.43. The van der Waals surface area contributed by atoms with Crippen LogP contribution in [0.25, 0.3) is 33.5 Å². The van der Waals surface area contributed by atoms with Gasteiger partial charge in [-0.3, -0.25) is 9.59 Å². The van der Waals surface area contributed by atoms with Crippen molar-refractivity contribution in [2.45, 2.75) is 0 Å². The number of methoxy groups -OCH3 is 1. The Hall–Kier alpha value is -4.96. The maximum atomic E-state index is 13.5. The number of rotatable bonds is 7. The average Bonchev–Trinajstić information content (AvgIpc) is 3.44. The zero-order valence-corrected chi connectivity index (χ0v) is 21.8. The summed E-state index contributed by atoms with van der Waals surface area (Å²) >= 11 is 0. The Morgan fingerprint density at radius 2 is 1.82 bits per heavy atom. The van der Waals surface area contributed by atoms with E-state index in [-0.39, 0.29) is 23.9 Å². The molecule has 0 aliphatic carbocycles. The van der Waals surface area contributed by atoms with Gasteiger partial charge < -0.3 is 23.5 Å². The van der Waals surface area contributed by atoms with Crippen LogP contribution in [-0.2, 0) is 9.53 Å². The van der Waals surface area contributed by atoms with Crippen molar-refractivity contribution in [3.05, 3.63) is 88.7 Å². The van der Waals surface area contributed by atoms with Gasteiger partial charge in [0, 0.05) is 18.5 Å². The minimum absolute atomic E-state index is 0.108. The average molecular weight is 539 g/mol. The summed E-state index contributed by atoms with van der Waals surface area (Å²) in [7, 11) is 1.52. The van der Waals surface area contributed by atoms with E-state index in [1.54, 1.807) is 41.3 Å². The fourth-order valence-corrected chi connectivity index (χ4v) is 4.53. The third kappa shape index (κ3) is 5.04. The molecule has 0 radical (unpaired) electrons.